The zero-order valence-corrected chi connectivity index (χ0v) is 11.5. The van der Waals surface area contributed by atoms with E-state index in [1.165, 1.54) is 6.42 Å². The Hall–Kier alpha value is -0.580. The highest BCUT2D eigenvalue weighted by Crippen LogP contribution is 2.26. The first-order chi connectivity index (χ1) is 8.15. The van der Waals surface area contributed by atoms with Gasteiger partial charge in [-0.3, -0.25) is 4.79 Å². The minimum Gasteiger partial charge on any atom is -0.480 e. The van der Waals surface area contributed by atoms with Crippen molar-refractivity contribution in [2.24, 2.45) is 5.92 Å². The molecule has 17 heavy (non-hydrogen) atoms. The zero-order chi connectivity index (χ0) is 12.7. The number of nitrogens with one attached hydrogen (secondary N) is 1. The Morgan fingerprint density at radius 1 is 1.29 bits per heavy atom. The first-order valence-corrected chi connectivity index (χ1v) is 7.35. The first kappa shape index (κ1) is 14.5. The molecule has 0 aromatic carbocycles. The average Bonchev–Trinajstić information content (AvgIpc) is 2.34. The summed E-state index contributed by atoms with van der Waals surface area (Å²) < 4.78 is 0. The van der Waals surface area contributed by atoms with Gasteiger partial charge >= 0.3 is 5.97 Å². The molecule has 0 aromatic heterocycles. The summed E-state index contributed by atoms with van der Waals surface area (Å²) >= 11 is 3.25. The molecule has 0 unspecified atom stereocenters. The summed E-state index contributed by atoms with van der Waals surface area (Å²) in [7, 11) is 0. The van der Waals surface area contributed by atoms with Gasteiger partial charge in [-0.15, -0.1) is 0 Å². The molecule has 0 spiro atoms. The van der Waals surface area contributed by atoms with Gasteiger partial charge in [0.25, 0.3) is 0 Å². The number of amides is 1. The van der Waals surface area contributed by atoms with Crippen LogP contribution in [0.3, 0.4) is 0 Å². The molecule has 98 valence electrons. The SMILES string of the molecule is O=C(CCCBr)N[C@H](C(=O)O)C1CCCCC1. The molecule has 1 aliphatic rings. The van der Waals surface area contributed by atoms with Gasteiger partial charge in [-0.25, -0.2) is 4.79 Å². The van der Waals surface area contributed by atoms with Crippen molar-refractivity contribution in [3.05, 3.63) is 0 Å². The third kappa shape index (κ3) is 5.06. The van der Waals surface area contributed by atoms with Crippen LogP contribution in [0.1, 0.15) is 44.9 Å². The molecule has 0 bridgehead atoms. The number of carbonyl (C=O) groups is 2. The maximum atomic E-state index is 11.6. The van der Waals surface area contributed by atoms with Crippen molar-refractivity contribution in [3.8, 4) is 0 Å². The van der Waals surface area contributed by atoms with Gasteiger partial charge in [0, 0.05) is 11.8 Å². The fourth-order valence-electron chi connectivity index (χ4n) is 2.32. The van der Waals surface area contributed by atoms with E-state index in [-0.39, 0.29) is 11.8 Å². The van der Waals surface area contributed by atoms with E-state index >= 15 is 0 Å². The molecule has 0 radical (unpaired) electrons. The molecule has 1 saturated carbocycles. The second kappa shape index (κ2) is 7.69. The van der Waals surface area contributed by atoms with Crippen LogP contribution in [0.25, 0.3) is 0 Å². The smallest absolute Gasteiger partial charge is 0.326 e. The van der Waals surface area contributed by atoms with Crippen molar-refractivity contribution in [1.82, 2.24) is 5.32 Å². The van der Waals surface area contributed by atoms with Gasteiger partial charge in [-0.05, 0) is 25.2 Å². The summed E-state index contributed by atoms with van der Waals surface area (Å²) in [5.41, 5.74) is 0. The molecule has 0 saturated heterocycles. The average molecular weight is 306 g/mol. The highest BCUT2D eigenvalue weighted by atomic mass is 79.9. The maximum Gasteiger partial charge on any atom is 0.326 e. The van der Waals surface area contributed by atoms with E-state index in [4.69, 9.17) is 0 Å². The summed E-state index contributed by atoms with van der Waals surface area (Å²) in [6, 6.07) is -0.696. The lowest BCUT2D eigenvalue weighted by atomic mass is 9.84. The van der Waals surface area contributed by atoms with Crippen LogP contribution in [-0.2, 0) is 9.59 Å². The second-order valence-electron chi connectivity index (χ2n) is 4.57. The molecular weight excluding hydrogens is 286 g/mol. The largest absolute Gasteiger partial charge is 0.480 e. The van der Waals surface area contributed by atoms with E-state index in [0.29, 0.717) is 6.42 Å². The van der Waals surface area contributed by atoms with Crippen LogP contribution in [0, 0.1) is 5.92 Å². The Morgan fingerprint density at radius 3 is 2.47 bits per heavy atom. The summed E-state index contributed by atoms with van der Waals surface area (Å²) in [6.07, 6.45) is 6.29. The van der Waals surface area contributed by atoms with Gasteiger partial charge in [-0.1, -0.05) is 35.2 Å². The predicted molar refractivity (Wildman–Crippen MR) is 69.2 cm³/mol. The van der Waals surface area contributed by atoms with Crippen LogP contribution < -0.4 is 5.32 Å². The fraction of sp³-hybridized carbons (Fsp3) is 0.833. The summed E-state index contributed by atoms with van der Waals surface area (Å²) in [6.45, 7) is 0. The quantitative estimate of drug-likeness (QED) is 0.740. The van der Waals surface area contributed by atoms with Crippen molar-refractivity contribution >= 4 is 27.8 Å². The van der Waals surface area contributed by atoms with Crippen LogP contribution >= 0.6 is 15.9 Å². The van der Waals surface area contributed by atoms with Crippen LogP contribution in [0.15, 0.2) is 0 Å². The van der Waals surface area contributed by atoms with E-state index in [1.807, 2.05) is 0 Å². The van der Waals surface area contributed by atoms with Gasteiger partial charge in [0.05, 0.1) is 0 Å². The number of rotatable bonds is 6. The Bertz CT molecular complexity index is 264. The number of carboxylic acid groups (broad SMARTS) is 1. The van der Waals surface area contributed by atoms with E-state index < -0.39 is 12.0 Å². The van der Waals surface area contributed by atoms with Crippen LogP contribution in [-0.4, -0.2) is 28.4 Å². The molecule has 2 N–H and O–H groups in total. The molecule has 1 fully saturated rings. The lowest BCUT2D eigenvalue weighted by molar-refractivity contribution is -0.143. The standard InChI is InChI=1S/C12H20BrNO3/c13-8-4-7-10(15)14-11(12(16)17)9-5-2-1-3-6-9/h9,11H,1-8H2,(H,14,15)(H,16,17)/t11-/m0/s1. The number of alkyl halides is 1. The number of carboxylic acids is 1. The zero-order valence-electron chi connectivity index (χ0n) is 9.95. The Kier molecular flexibility index (Phi) is 6.55. The van der Waals surface area contributed by atoms with Gasteiger partial charge in [0.1, 0.15) is 6.04 Å². The normalized spacial score (nSPS) is 18.6. The Labute approximate surface area is 110 Å². The van der Waals surface area contributed by atoms with Crippen LogP contribution in [0.2, 0.25) is 0 Å². The van der Waals surface area contributed by atoms with Crippen molar-refractivity contribution in [3.63, 3.8) is 0 Å². The molecule has 4 nitrogen and oxygen atoms in total. The van der Waals surface area contributed by atoms with Gasteiger partial charge in [-0.2, -0.15) is 0 Å². The summed E-state index contributed by atoms with van der Waals surface area (Å²) in [4.78, 5) is 22.7. The first-order valence-electron chi connectivity index (χ1n) is 6.23. The number of halogens is 1. The van der Waals surface area contributed by atoms with Crippen LogP contribution in [0.4, 0.5) is 0 Å². The third-order valence-electron chi connectivity index (χ3n) is 3.24. The lowest BCUT2D eigenvalue weighted by Crippen LogP contribution is -2.46. The third-order valence-corrected chi connectivity index (χ3v) is 3.80. The maximum absolute atomic E-state index is 11.6. The molecule has 1 atom stereocenters. The molecule has 1 aliphatic carbocycles. The van der Waals surface area contributed by atoms with E-state index in [1.54, 1.807) is 0 Å². The number of carbonyl (C=O) groups excluding carboxylic acids is 1. The minimum absolute atomic E-state index is 0.106. The number of hydrogen-bond donors (Lipinski definition) is 2. The molecule has 0 heterocycles. The molecule has 1 rings (SSSR count). The predicted octanol–water partition coefficient (Wildman–Crippen LogP) is 2.31. The summed E-state index contributed by atoms with van der Waals surface area (Å²) in [5.74, 6) is -0.944. The molecule has 0 aliphatic heterocycles. The molecule has 0 aromatic rings. The topological polar surface area (TPSA) is 66.4 Å². The second-order valence-corrected chi connectivity index (χ2v) is 5.37. The van der Waals surface area contributed by atoms with Gasteiger partial charge in [0.2, 0.25) is 5.91 Å². The van der Waals surface area contributed by atoms with Crippen molar-refractivity contribution in [1.29, 1.82) is 0 Å². The van der Waals surface area contributed by atoms with Gasteiger partial charge < -0.3 is 10.4 Å². The minimum atomic E-state index is -0.899. The van der Waals surface area contributed by atoms with Crippen molar-refractivity contribution in [2.75, 3.05) is 5.33 Å². The van der Waals surface area contributed by atoms with Crippen molar-refractivity contribution < 1.29 is 14.7 Å². The summed E-state index contributed by atoms with van der Waals surface area (Å²) in [5, 5.41) is 12.6. The fourth-order valence-corrected chi connectivity index (χ4v) is 2.60. The highest BCUT2D eigenvalue weighted by molar-refractivity contribution is 9.09. The lowest BCUT2D eigenvalue weighted by Gasteiger charge is -2.28. The van der Waals surface area contributed by atoms with Crippen molar-refractivity contribution in [2.45, 2.75) is 51.0 Å². The van der Waals surface area contributed by atoms with E-state index in [9.17, 15) is 14.7 Å². The Morgan fingerprint density at radius 2 is 1.94 bits per heavy atom. The molecule has 1 amide bonds. The van der Waals surface area contributed by atoms with E-state index in [2.05, 4.69) is 21.2 Å². The van der Waals surface area contributed by atoms with E-state index in [0.717, 1.165) is 37.4 Å². The molecule has 5 heteroatoms. The highest BCUT2D eigenvalue weighted by Gasteiger charge is 2.30. The number of hydrogen-bond acceptors (Lipinski definition) is 2. The number of aliphatic carboxylic acids is 1. The van der Waals surface area contributed by atoms with Crippen LogP contribution in [0.5, 0.6) is 0 Å². The van der Waals surface area contributed by atoms with Gasteiger partial charge in [0.15, 0.2) is 0 Å². The monoisotopic (exact) mass is 305 g/mol. The molecular formula is C12H20BrNO3. The Balaban J connectivity index is 2.47.